The van der Waals surface area contributed by atoms with E-state index < -0.39 is 24.0 Å². The molecule has 0 aromatic heterocycles. The molecule has 2 fully saturated rings. The number of anilines is 2. The minimum Gasteiger partial charge on any atom is -0.503 e. The Morgan fingerprint density at radius 2 is 1.58 bits per heavy atom. The van der Waals surface area contributed by atoms with Crippen molar-refractivity contribution in [3.05, 3.63) is 76.8 Å². The number of nitrogens with zero attached hydrogens (tertiary/aromatic N) is 2. The fourth-order valence-electron chi connectivity index (χ4n) is 4.74. The molecule has 5 rings (SSSR count). The first kappa shape index (κ1) is 24.1. The number of carbonyl (C=O) groups is 2. The van der Waals surface area contributed by atoms with Crippen molar-refractivity contribution in [2.45, 2.75) is 26.0 Å². The van der Waals surface area contributed by atoms with Crippen molar-refractivity contribution in [3.8, 4) is 17.2 Å². The van der Waals surface area contributed by atoms with E-state index in [1.54, 1.807) is 41.5 Å². The number of amides is 2. The minimum atomic E-state index is -1.03. The Kier molecular flexibility index (Phi) is 6.59. The van der Waals surface area contributed by atoms with Gasteiger partial charge >= 0.3 is 0 Å². The van der Waals surface area contributed by atoms with E-state index in [-0.39, 0.29) is 17.4 Å². The van der Waals surface area contributed by atoms with E-state index >= 15 is 0 Å². The van der Waals surface area contributed by atoms with Crippen molar-refractivity contribution in [2.24, 2.45) is 5.92 Å². The minimum absolute atomic E-state index is 0.0385. The van der Waals surface area contributed by atoms with Crippen LogP contribution in [0.5, 0.6) is 17.2 Å². The van der Waals surface area contributed by atoms with E-state index in [1.165, 1.54) is 0 Å². The zero-order chi connectivity index (χ0) is 25.4. The number of phenolic OH excluding ortho intramolecular Hbond substituents is 1. The number of fused-ring (bicyclic) bond motifs is 1. The van der Waals surface area contributed by atoms with Gasteiger partial charge in [-0.05, 0) is 71.7 Å². The van der Waals surface area contributed by atoms with Crippen LogP contribution in [0.15, 0.2) is 71.2 Å². The second-order valence-electron chi connectivity index (χ2n) is 8.35. The molecule has 2 aliphatic rings. The Bertz CT molecular complexity index is 1300. The van der Waals surface area contributed by atoms with E-state index in [0.29, 0.717) is 40.4 Å². The van der Waals surface area contributed by atoms with Crippen LogP contribution in [0.2, 0.25) is 0 Å². The second kappa shape index (κ2) is 9.83. The number of aromatic hydroxyl groups is 1. The van der Waals surface area contributed by atoms with E-state index in [4.69, 9.17) is 14.3 Å². The van der Waals surface area contributed by atoms with Crippen LogP contribution in [0, 0.1) is 5.92 Å². The van der Waals surface area contributed by atoms with Gasteiger partial charge in [0.1, 0.15) is 11.7 Å². The Morgan fingerprint density at radius 1 is 0.917 bits per heavy atom. The molecular formula is C27H25BrN2O6. The van der Waals surface area contributed by atoms with Gasteiger partial charge in [0.15, 0.2) is 17.6 Å². The van der Waals surface area contributed by atoms with Gasteiger partial charge in [-0.15, -0.1) is 0 Å². The molecule has 0 saturated carbocycles. The first-order valence-corrected chi connectivity index (χ1v) is 12.5. The SMILES string of the molecule is CCOc1ccccc1N1C(=O)[C@H]2[C@H](ON(c3ccccc3)[C@H]2c2cc(Br)c(O)c(OCC)c2)C1=O. The highest BCUT2D eigenvalue weighted by molar-refractivity contribution is 9.10. The molecular weight excluding hydrogens is 528 g/mol. The van der Waals surface area contributed by atoms with Crippen molar-refractivity contribution in [2.75, 3.05) is 23.2 Å². The molecule has 2 saturated heterocycles. The molecule has 0 spiro atoms. The fourth-order valence-corrected chi connectivity index (χ4v) is 5.20. The molecule has 3 aromatic rings. The maximum atomic E-state index is 13.9. The van der Waals surface area contributed by atoms with E-state index in [2.05, 4.69) is 15.9 Å². The van der Waals surface area contributed by atoms with Crippen molar-refractivity contribution >= 4 is 39.1 Å². The monoisotopic (exact) mass is 552 g/mol. The van der Waals surface area contributed by atoms with Crippen LogP contribution in [0.25, 0.3) is 0 Å². The van der Waals surface area contributed by atoms with E-state index in [1.807, 2.05) is 44.2 Å². The molecule has 9 heteroatoms. The number of imide groups is 1. The molecule has 2 aliphatic heterocycles. The summed E-state index contributed by atoms with van der Waals surface area (Å²) in [7, 11) is 0. The summed E-state index contributed by atoms with van der Waals surface area (Å²) < 4.78 is 11.7. The molecule has 3 aromatic carbocycles. The average Bonchev–Trinajstić information content (AvgIpc) is 3.39. The van der Waals surface area contributed by atoms with Crippen molar-refractivity contribution in [1.29, 1.82) is 0 Å². The van der Waals surface area contributed by atoms with Crippen LogP contribution < -0.4 is 19.4 Å². The van der Waals surface area contributed by atoms with Gasteiger partial charge < -0.3 is 14.6 Å². The van der Waals surface area contributed by atoms with Crippen LogP contribution in [0.3, 0.4) is 0 Å². The first-order chi connectivity index (χ1) is 17.5. The van der Waals surface area contributed by atoms with Crippen molar-refractivity contribution < 1.29 is 29.0 Å². The molecule has 0 bridgehead atoms. The molecule has 1 N–H and O–H groups in total. The molecule has 3 atom stereocenters. The predicted octanol–water partition coefficient (Wildman–Crippen LogP) is 5.00. The van der Waals surface area contributed by atoms with Crippen molar-refractivity contribution in [1.82, 2.24) is 0 Å². The molecule has 0 aliphatic carbocycles. The zero-order valence-electron chi connectivity index (χ0n) is 19.8. The number of phenols is 1. The Balaban J connectivity index is 1.62. The zero-order valence-corrected chi connectivity index (χ0v) is 21.3. The molecule has 36 heavy (non-hydrogen) atoms. The topological polar surface area (TPSA) is 88.5 Å². The molecule has 0 unspecified atom stereocenters. The summed E-state index contributed by atoms with van der Waals surface area (Å²) >= 11 is 3.40. The summed E-state index contributed by atoms with van der Waals surface area (Å²) in [6.07, 6.45) is -1.03. The predicted molar refractivity (Wildman–Crippen MR) is 137 cm³/mol. The number of ether oxygens (including phenoxy) is 2. The molecule has 8 nitrogen and oxygen atoms in total. The lowest BCUT2D eigenvalue weighted by Gasteiger charge is -2.29. The lowest BCUT2D eigenvalue weighted by molar-refractivity contribution is -0.126. The van der Waals surface area contributed by atoms with Crippen LogP contribution in [0.4, 0.5) is 11.4 Å². The largest absolute Gasteiger partial charge is 0.503 e. The van der Waals surface area contributed by atoms with Gasteiger partial charge in [0.25, 0.3) is 5.91 Å². The van der Waals surface area contributed by atoms with Gasteiger partial charge in [-0.25, -0.2) is 9.96 Å². The lowest BCUT2D eigenvalue weighted by atomic mass is 9.90. The third kappa shape index (κ3) is 3.98. The van der Waals surface area contributed by atoms with Gasteiger partial charge in [-0.2, -0.15) is 0 Å². The summed E-state index contributed by atoms with van der Waals surface area (Å²) in [5, 5.41) is 12.1. The Morgan fingerprint density at radius 3 is 2.31 bits per heavy atom. The first-order valence-electron chi connectivity index (χ1n) is 11.7. The average molecular weight is 553 g/mol. The Hall–Kier alpha value is -3.56. The van der Waals surface area contributed by atoms with Crippen LogP contribution >= 0.6 is 15.9 Å². The smallest absolute Gasteiger partial charge is 0.266 e. The van der Waals surface area contributed by atoms with Gasteiger partial charge in [-0.3, -0.25) is 14.4 Å². The maximum Gasteiger partial charge on any atom is 0.266 e. The van der Waals surface area contributed by atoms with Crippen LogP contribution in [-0.2, 0) is 14.4 Å². The third-order valence-electron chi connectivity index (χ3n) is 6.22. The van der Waals surface area contributed by atoms with Gasteiger partial charge in [0, 0.05) is 0 Å². The van der Waals surface area contributed by atoms with E-state index in [0.717, 1.165) is 4.90 Å². The number of hydroxylamine groups is 1. The summed E-state index contributed by atoms with van der Waals surface area (Å²) in [5.41, 5.74) is 1.74. The molecule has 2 heterocycles. The van der Waals surface area contributed by atoms with Gasteiger partial charge in [0.05, 0.1) is 35.1 Å². The van der Waals surface area contributed by atoms with Gasteiger partial charge in [-0.1, -0.05) is 30.3 Å². The van der Waals surface area contributed by atoms with Crippen LogP contribution in [0.1, 0.15) is 25.5 Å². The lowest BCUT2D eigenvalue weighted by Crippen LogP contribution is -2.37. The highest BCUT2D eigenvalue weighted by Gasteiger charge is 2.60. The Labute approximate surface area is 217 Å². The number of hydrogen-bond donors (Lipinski definition) is 1. The summed E-state index contributed by atoms with van der Waals surface area (Å²) in [4.78, 5) is 34.9. The maximum absolute atomic E-state index is 13.9. The molecule has 2 amide bonds. The normalized spacial score (nSPS) is 21.1. The highest BCUT2D eigenvalue weighted by atomic mass is 79.9. The number of benzene rings is 3. The number of hydrogen-bond acceptors (Lipinski definition) is 7. The highest BCUT2D eigenvalue weighted by Crippen LogP contribution is 2.50. The standard InChI is InChI=1S/C27H25BrN2O6/c1-3-34-20-13-9-8-12-19(20)29-26(32)22-23(16-14-18(28)24(31)21(15-16)35-4-2)30(36-25(22)27(29)33)17-10-6-5-7-11-17/h5-15,22-23,25,31H,3-4H2,1-2H3/t22-,23+,25+/m1/s1. The third-order valence-corrected chi connectivity index (χ3v) is 6.83. The molecule has 186 valence electrons. The van der Waals surface area contributed by atoms with E-state index in [9.17, 15) is 14.7 Å². The number of rotatable bonds is 7. The summed E-state index contributed by atoms with van der Waals surface area (Å²) in [6, 6.07) is 19.0. The second-order valence-corrected chi connectivity index (χ2v) is 9.21. The number of halogens is 1. The number of carbonyl (C=O) groups excluding carboxylic acids is 2. The van der Waals surface area contributed by atoms with Crippen molar-refractivity contribution in [3.63, 3.8) is 0 Å². The van der Waals surface area contributed by atoms with Gasteiger partial charge in [0.2, 0.25) is 5.91 Å². The molecule has 0 radical (unpaired) electrons. The number of para-hydroxylation sites is 3. The summed E-state index contributed by atoms with van der Waals surface area (Å²) in [6.45, 7) is 4.40. The quantitative estimate of drug-likeness (QED) is 0.412. The van der Waals surface area contributed by atoms with Crippen LogP contribution in [-0.4, -0.2) is 36.2 Å². The fraction of sp³-hybridized carbons (Fsp3) is 0.259. The summed E-state index contributed by atoms with van der Waals surface area (Å²) in [5.74, 6) is -0.995.